The van der Waals surface area contributed by atoms with Crippen molar-refractivity contribution in [2.45, 2.75) is 0 Å². The molecular weight excluding hydrogens is 316 g/mol. The average molecular weight is 328 g/mol. The predicted molar refractivity (Wildman–Crippen MR) is 95.3 cm³/mol. The van der Waals surface area contributed by atoms with Crippen LogP contribution in [0.2, 0.25) is 0 Å². The van der Waals surface area contributed by atoms with E-state index in [2.05, 4.69) is 9.97 Å². The fourth-order valence-electron chi connectivity index (χ4n) is 3.23. The van der Waals surface area contributed by atoms with Gasteiger partial charge >= 0.3 is 0 Å². The van der Waals surface area contributed by atoms with Gasteiger partial charge in [0.15, 0.2) is 5.65 Å². The Bertz CT molecular complexity index is 1320. The van der Waals surface area contributed by atoms with Crippen LogP contribution < -0.4 is 5.56 Å². The minimum absolute atomic E-state index is 0.0865. The third kappa shape index (κ3) is 1.88. The van der Waals surface area contributed by atoms with Crippen LogP contribution in [0, 0.1) is 0 Å². The second-order valence-electron chi connectivity index (χ2n) is 5.77. The Morgan fingerprint density at radius 2 is 1.76 bits per heavy atom. The lowest BCUT2D eigenvalue weighted by Gasteiger charge is -2.06. The van der Waals surface area contributed by atoms with Gasteiger partial charge in [0, 0.05) is 18.0 Å². The zero-order chi connectivity index (χ0) is 17.0. The van der Waals surface area contributed by atoms with Crippen LogP contribution in [0.25, 0.3) is 33.5 Å². The summed E-state index contributed by atoms with van der Waals surface area (Å²) in [6.45, 7) is 0. The average Bonchev–Trinajstić information content (AvgIpc) is 2.96. The molecule has 0 unspecified atom stereocenters. The van der Waals surface area contributed by atoms with E-state index >= 15 is 0 Å². The third-order valence-corrected chi connectivity index (χ3v) is 4.29. The molecule has 3 heterocycles. The molecule has 0 aliphatic carbocycles. The molecule has 0 aliphatic heterocycles. The molecule has 0 saturated carbocycles. The Hall–Kier alpha value is -3.67. The van der Waals surface area contributed by atoms with Crippen molar-refractivity contribution >= 4 is 27.8 Å². The summed E-state index contributed by atoms with van der Waals surface area (Å²) < 4.78 is 3.70. The van der Waals surface area contributed by atoms with Crippen molar-refractivity contribution in [2.24, 2.45) is 0 Å². The summed E-state index contributed by atoms with van der Waals surface area (Å²) in [4.78, 5) is 21.3. The van der Waals surface area contributed by atoms with Gasteiger partial charge in [-0.1, -0.05) is 18.2 Å². The molecule has 5 aromatic rings. The molecule has 0 atom stereocenters. The highest BCUT2D eigenvalue weighted by Crippen LogP contribution is 2.26. The van der Waals surface area contributed by atoms with Gasteiger partial charge in [-0.2, -0.15) is 4.98 Å². The minimum Gasteiger partial charge on any atom is -0.508 e. The summed E-state index contributed by atoms with van der Waals surface area (Å²) in [6, 6.07) is 18.1. The standard InChI is InChI=1S/C19H12N4O2/c24-13-8-9-14-16(11-13)23-17-15(7-4-10-20-17)22(19(23)21-18(14)25)12-5-2-1-3-6-12/h1-11,24H. The van der Waals surface area contributed by atoms with Crippen molar-refractivity contribution in [1.29, 1.82) is 0 Å². The molecule has 3 aromatic heterocycles. The minimum atomic E-state index is -0.338. The van der Waals surface area contributed by atoms with Crippen LogP contribution in [-0.4, -0.2) is 24.0 Å². The maximum absolute atomic E-state index is 12.5. The van der Waals surface area contributed by atoms with Gasteiger partial charge in [0.05, 0.1) is 16.4 Å². The summed E-state index contributed by atoms with van der Waals surface area (Å²) in [5.41, 5.74) is 2.62. The van der Waals surface area contributed by atoms with Gasteiger partial charge in [0.1, 0.15) is 5.75 Å². The number of phenolic OH excluding ortho intramolecular Hbond substituents is 1. The van der Waals surface area contributed by atoms with Crippen molar-refractivity contribution in [3.8, 4) is 11.4 Å². The van der Waals surface area contributed by atoms with Crippen LogP contribution in [0.1, 0.15) is 0 Å². The Morgan fingerprint density at radius 3 is 2.60 bits per heavy atom. The smallest absolute Gasteiger partial charge is 0.282 e. The molecule has 0 radical (unpaired) electrons. The molecule has 0 spiro atoms. The first-order valence-corrected chi connectivity index (χ1v) is 7.80. The lowest BCUT2D eigenvalue weighted by molar-refractivity contribution is 0.476. The molecule has 2 aromatic carbocycles. The van der Waals surface area contributed by atoms with E-state index in [0.29, 0.717) is 22.3 Å². The quantitative estimate of drug-likeness (QED) is 0.513. The molecule has 0 amide bonds. The van der Waals surface area contributed by atoms with Crippen LogP contribution in [0.5, 0.6) is 5.75 Å². The number of fused-ring (bicyclic) bond motifs is 5. The highest BCUT2D eigenvalue weighted by atomic mass is 16.3. The normalized spacial score (nSPS) is 11.5. The summed E-state index contributed by atoms with van der Waals surface area (Å²) in [5, 5.41) is 10.4. The van der Waals surface area contributed by atoms with Crippen LogP contribution in [0.15, 0.2) is 71.7 Å². The highest BCUT2D eigenvalue weighted by molar-refractivity contribution is 5.89. The van der Waals surface area contributed by atoms with Gasteiger partial charge in [0.2, 0.25) is 5.78 Å². The predicted octanol–water partition coefficient (Wildman–Crippen LogP) is 2.89. The number of para-hydroxylation sites is 1. The van der Waals surface area contributed by atoms with Crippen molar-refractivity contribution in [1.82, 2.24) is 18.9 Å². The molecule has 120 valence electrons. The van der Waals surface area contributed by atoms with Gasteiger partial charge in [-0.25, -0.2) is 4.98 Å². The van der Waals surface area contributed by atoms with E-state index in [0.717, 1.165) is 11.2 Å². The maximum Gasteiger partial charge on any atom is 0.282 e. The van der Waals surface area contributed by atoms with Gasteiger partial charge in [-0.15, -0.1) is 0 Å². The number of hydrogen-bond acceptors (Lipinski definition) is 4. The van der Waals surface area contributed by atoms with Gasteiger partial charge in [-0.3, -0.25) is 13.8 Å². The van der Waals surface area contributed by atoms with Gasteiger partial charge in [0.25, 0.3) is 5.56 Å². The maximum atomic E-state index is 12.5. The molecule has 0 fully saturated rings. The fraction of sp³-hybridized carbons (Fsp3) is 0. The highest BCUT2D eigenvalue weighted by Gasteiger charge is 2.17. The van der Waals surface area contributed by atoms with E-state index in [4.69, 9.17) is 0 Å². The number of phenols is 1. The molecule has 6 heteroatoms. The van der Waals surface area contributed by atoms with E-state index in [1.807, 2.05) is 47.0 Å². The number of benzene rings is 2. The molecule has 5 rings (SSSR count). The molecular formula is C19H12N4O2. The van der Waals surface area contributed by atoms with Crippen LogP contribution >= 0.6 is 0 Å². The second kappa shape index (κ2) is 4.91. The summed E-state index contributed by atoms with van der Waals surface area (Å²) >= 11 is 0. The Morgan fingerprint density at radius 1 is 0.920 bits per heavy atom. The van der Waals surface area contributed by atoms with Crippen molar-refractivity contribution in [2.75, 3.05) is 0 Å². The van der Waals surface area contributed by atoms with Gasteiger partial charge in [-0.05, 0) is 36.4 Å². The van der Waals surface area contributed by atoms with E-state index in [1.54, 1.807) is 22.7 Å². The largest absolute Gasteiger partial charge is 0.508 e. The first-order chi connectivity index (χ1) is 12.2. The molecule has 0 aliphatic rings. The first-order valence-electron chi connectivity index (χ1n) is 7.80. The Labute approximate surface area is 141 Å². The topological polar surface area (TPSA) is 72.4 Å². The number of rotatable bonds is 1. The number of pyridine rings is 1. The van der Waals surface area contributed by atoms with E-state index in [-0.39, 0.29) is 11.3 Å². The SMILES string of the molecule is O=c1nc2n(-c3ccccc3)c3cccnc3n2c2cc(O)ccc12. The number of imidazole rings is 1. The number of hydrogen-bond donors (Lipinski definition) is 1. The van der Waals surface area contributed by atoms with E-state index < -0.39 is 0 Å². The molecule has 0 bridgehead atoms. The molecule has 25 heavy (non-hydrogen) atoms. The Balaban J connectivity index is 2.11. The molecule has 6 nitrogen and oxygen atoms in total. The summed E-state index contributed by atoms with van der Waals surface area (Å²) in [6.07, 6.45) is 1.70. The Kier molecular flexibility index (Phi) is 2.70. The number of aromatic nitrogens is 4. The monoisotopic (exact) mass is 328 g/mol. The van der Waals surface area contributed by atoms with Crippen molar-refractivity contribution in [3.05, 3.63) is 77.2 Å². The number of nitrogens with zero attached hydrogens (tertiary/aromatic N) is 4. The zero-order valence-corrected chi connectivity index (χ0v) is 13.0. The molecule has 0 saturated heterocycles. The van der Waals surface area contributed by atoms with Crippen molar-refractivity contribution < 1.29 is 5.11 Å². The first kappa shape index (κ1) is 13.7. The summed E-state index contributed by atoms with van der Waals surface area (Å²) in [7, 11) is 0. The summed E-state index contributed by atoms with van der Waals surface area (Å²) in [5.74, 6) is 0.548. The van der Waals surface area contributed by atoms with Gasteiger partial charge < -0.3 is 5.11 Å². The van der Waals surface area contributed by atoms with Crippen LogP contribution in [0.3, 0.4) is 0 Å². The van der Waals surface area contributed by atoms with Crippen LogP contribution in [-0.2, 0) is 0 Å². The van der Waals surface area contributed by atoms with Crippen LogP contribution in [0.4, 0.5) is 0 Å². The van der Waals surface area contributed by atoms with Crippen molar-refractivity contribution in [3.63, 3.8) is 0 Å². The zero-order valence-electron chi connectivity index (χ0n) is 13.0. The fourth-order valence-corrected chi connectivity index (χ4v) is 3.23. The second-order valence-corrected chi connectivity index (χ2v) is 5.77. The molecule has 1 N–H and O–H groups in total. The third-order valence-electron chi connectivity index (χ3n) is 4.29. The number of aromatic hydroxyl groups is 1. The van der Waals surface area contributed by atoms with E-state index in [1.165, 1.54) is 6.07 Å². The lowest BCUT2D eigenvalue weighted by Crippen LogP contribution is -2.12. The lowest BCUT2D eigenvalue weighted by atomic mass is 10.2. The van der Waals surface area contributed by atoms with E-state index in [9.17, 15) is 9.90 Å².